The Hall–Kier alpha value is -4.30. The first-order valence-corrected chi connectivity index (χ1v) is 12.5. The molecule has 0 N–H and O–H groups in total. The number of amides is 1. The SMILES string of the molecule is CCOC(=O)Cc1ccc(Oc2ccc(-c3onc(C)c3N(C(=O)OCC)c3ccccc3Cl)cc2)cc1. The highest BCUT2D eigenvalue weighted by atomic mass is 35.5. The molecule has 196 valence electrons. The van der Waals surface area contributed by atoms with Gasteiger partial charge >= 0.3 is 12.1 Å². The molecule has 8 nitrogen and oxygen atoms in total. The second-order valence-electron chi connectivity index (χ2n) is 8.18. The van der Waals surface area contributed by atoms with Crippen molar-refractivity contribution in [1.82, 2.24) is 5.16 Å². The van der Waals surface area contributed by atoms with Crippen molar-refractivity contribution >= 4 is 35.0 Å². The summed E-state index contributed by atoms with van der Waals surface area (Å²) in [5, 5.41) is 4.49. The highest BCUT2D eigenvalue weighted by molar-refractivity contribution is 6.34. The number of para-hydroxylation sites is 1. The fourth-order valence-corrected chi connectivity index (χ4v) is 4.03. The molecule has 0 saturated carbocycles. The summed E-state index contributed by atoms with van der Waals surface area (Å²) in [5.41, 5.74) is 2.90. The lowest BCUT2D eigenvalue weighted by Gasteiger charge is -2.23. The van der Waals surface area contributed by atoms with Gasteiger partial charge in [0.1, 0.15) is 22.9 Å². The Bertz CT molecular complexity index is 1400. The molecule has 3 aromatic carbocycles. The normalized spacial score (nSPS) is 10.6. The summed E-state index contributed by atoms with van der Waals surface area (Å²) in [6.45, 7) is 5.80. The minimum absolute atomic E-state index is 0.190. The third-order valence-electron chi connectivity index (χ3n) is 5.53. The Morgan fingerprint density at radius 2 is 1.53 bits per heavy atom. The monoisotopic (exact) mass is 534 g/mol. The van der Waals surface area contributed by atoms with E-state index in [0.717, 1.165) is 5.56 Å². The number of ether oxygens (including phenoxy) is 3. The maximum atomic E-state index is 13.0. The van der Waals surface area contributed by atoms with E-state index in [4.69, 9.17) is 30.3 Å². The molecule has 0 atom stereocenters. The van der Waals surface area contributed by atoms with Gasteiger partial charge in [0.25, 0.3) is 0 Å². The molecule has 4 rings (SSSR count). The van der Waals surface area contributed by atoms with Crippen molar-refractivity contribution in [2.45, 2.75) is 27.2 Å². The van der Waals surface area contributed by atoms with Crippen LogP contribution in [-0.4, -0.2) is 30.4 Å². The average molecular weight is 535 g/mol. The van der Waals surface area contributed by atoms with Crippen molar-refractivity contribution in [3.05, 3.63) is 89.1 Å². The van der Waals surface area contributed by atoms with Crippen molar-refractivity contribution < 1.29 is 28.3 Å². The van der Waals surface area contributed by atoms with Crippen LogP contribution < -0.4 is 9.64 Å². The topological polar surface area (TPSA) is 91.1 Å². The number of halogens is 1. The number of hydrogen-bond donors (Lipinski definition) is 0. The number of rotatable bonds is 9. The molecule has 0 unspecified atom stereocenters. The van der Waals surface area contributed by atoms with E-state index in [1.54, 1.807) is 69.3 Å². The number of esters is 1. The zero-order valence-electron chi connectivity index (χ0n) is 21.3. The van der Waals surface area contributed by atoms with Gasteiger partial charge < -0.3 is 18.7 Å². The van der Waals surface area contributed by atoms with Gasteiger partial charge in [0, 0.05) is 5.56 Å². The number of aromatic nitrogens is 1. The molecule has 0 radical (unpaired) electrons. The summed E-state index contributed by atoms with van der Waals surface area (Å²) in [5.74, 6) is 1.33. The molecule has 1 aromatic heterocycles. The third-order valence-corrected chi connectivity index (χ3v) is 5.85. The van der Waals surface area contributed by atoms with Crippen LogP contribution in [0.4, 0.5) is 16.2 Å². The summed E-state index contributed by atoms with van der Waals surface area (Å²) in [7, 11) is 0. The van der Waals surface area contributed by atoms with Crippen LogP contribution in [0.3, 0.4) is 0 Å². The van der Waals surface area contributed by atoms with Crippen LogP contribution in [0.1, 0.15) is 25.1 Å². The molecule has 9 heteroatoms. The number of carbonyl (C=O) groups is 2. The van der Waals surface area contributed by atoms with Crippen molar-refractivity contribution in [1.29, 1.82) is 0 Å². The summed E-state index contributed by atoms with van der Waals surface area (Å²) in [6, 6.07) is 21.4. The Morgan fingerprint density at radius 1 is 0.895 bits per heavy atom. The van der Waals surface area contributed by atoms with E-state index in [-0.39, 0.29) is 19.0 Å². The third kappa shape index (κ3) is 6.15. The number of nitrogens with zero attached hydrogens (tertiary/aromatic N) is 2. The first-order chi connectivity index (χ1) is 18.4. The van der Waals surface area contributed by atoms with Gasteiger partial charge in [0.05, 0.1) is 30.3 Å². The van der Waals surface area contributed by atoms with Crippen molar-refractivity contribution in [3.8, 4) is 22.8 Å². The van der Waals surface area contributed by atoms with Crippen LogP contribution in [0, 0.1) is 6.92 Å². The molecule has 4 aromatic rings. The van der Waals surface area contributed by atoms with Crippen molar-refractivity contribution in [2.75, 3.05) is 18.1 Å². The molecule has 0 spiro atoms. The van der Waals surface area contributed by atoms with Crippen LogP contribution in [-0.2, 0) is 20.7 Å². The van der Waals surface area contributed by atoms with Crippen LogP contribution in [0.2, 0.25) is 5.02 Å². The summed E-state index contributed by atoms with van der Waals surface area (Å²) in [4.78, 5) is 26.1. The Labute approximate surface area is 225 Å². The van der Waals surface area contributed by atoms with Gasteiger partial charge in [0.15, 0.2) is 5.76 Å². The highest BCUT2D eigenvalue weighted by Crippen LogP contribution is 2.41. The molecular formula is C29H27ClN2O6. The number of aryl methyl sites for hydroxylation is 1. The lowest BCUT2D eigenvalue weighted by molar-refractivity contribution is -0.142. The second-order valence-corrected chi connectivity index (χ2v) is 8.59. The molecule has 38 heavy (non-hydrogen) atoms. The van der Waals surface area contributed by atoms with Gasteiger partial charge in [-0.05, 0) is 74.9 Å². The van der Waals surface area contributed by atoms with E-state index >= 15 is 0 Å². The second kappa shape index (κ2) is 12.3. The zero-order valence-corrected chi connectivity index (χ0v) is 22.0. The minimum Gasteiger partial charge on any atom is -0.466 e. The predicted molar refractivity (Wildman–Crippen MR) is 144 cm³/mol. The van der Waals surface area contributed by atoms with Crippen LogP contribution >= 0.6 is 11.6 Å². The lowest BCUT2D eigenvalue weighted by Crippen LogP contribution is -2.27. The maximum Gasteiger partial charge on any atom is 0.419 e. The Morgan fingerprint density at radius 3 is 2.16 bits per heavy atom. The molecule has 0 aliphatic carbocycles. The Kier molecular flexibility index (Phi) is 8.66. The summed E-state index contributed by atoms with van der Waals surface area (Å²) >= 11 is 6.44. The number of anilines is 2. The lowest BCUT2D eigenvalue weighted by atomic mass is 10.1. The van der Waals surface area contributed by atoms with Gasteiger partial charge in [-0.25, -0.2) is 9.69 Å². The quantitative estimate of drug-likeness (QED) is 0.205. The summed E-state index contributed by atoms with van der Waals surface area (Å²) < 4.78 is 21.9. The van der Waals surface area contributed by atoms with Crippen molar-refractivity contribution in [2.24, 2.45) is 0 Å². The molecule has 1 heterocycles. The highest BCUT2D eigenvalue weighted by Gasteiger charge is 2.30. The maximum absolute atomic E-state index is 13.0. The first-order valence-electron chi connectivity index (χ1n) is 12.1. The van der Waals surface area contributed by atoms with Gasteiger partial charge in [-0.15, -0.1) is 0 Å². The van der Waals surface area contributed by atoms with Crippen molar-refractivity contribution in [3.63, 3.8) is 0 Å². The first kappa shape index (κ1) is 26.8. The molecule has 0 saturated heterocycles. The molecule has 0 bridgehead atoms. The van der Waals surface area contributed by atoms with E-state index in [2.05, 4.69) is 5.16 Å². The van der Waals surface area contributed by atoms with Gasteiger partial charge in [-0.2, -0.15) is 0 Å². The predicted octanol–water partition coefficient (Wildman–Crippen LogP) is 7.50. The minimum atomic E-state index is -0.598. The molecular weight excluding hydrogens is 508 g/mol. The van der Waals surface area contributed by atoms with E-state index < -0.39 is 6.09 Å². The van der Waals surface area contributed by atoms with Gasteiger partial charge in [-0.1, -0.05) is 41.0 Å². The largest absolute Gasteiger partial charge is 0.466 e. The van der Waals surface area contributed by atoms with Crippen LogP contribution in [0.25, 0.3) is 11.3 Å². The van der Waals surface area contributed by atoms with Crippen LogP contribution in [0.5, 0.6) is 11.5 Å². The summed E-state index contributed by atoms with van der Waals surface area (Å²) in [6.07, 6.45) is -0.391. The van der Waals surface area contributed by atoms with E-state index in [1.165, 1.54) is 4.90 Å². The Balaban J connectivity index is 1.58. The number of benzene rings is 3. The molecule has 0 fully saturated rings. The van der Waals surface area contributed by atoms with E-state index in [0.29, 0.717) is 51.5 Å². The molecule has 1 amide bonds. The fourth-order valence-electron chi connectivity index (χ4n) is 3.81. The smallest absolute Gasteiger partial charge is 0.419 e. The average Bonchev–Trinajstić information content (AvgIpc) is 3.28. The molecule has 0 aliphatic heterocycles. The fraction of sp³-hybridized carbons (Fsp3) is 0.207. The van der Waals surface area contributed by atoms with E-state index in [9.17, 15) is 9.59 Å². The standard InChI is InChI=1S/C29H27ClN2O6/c1-4-35-26(33)18-20-10-14-22(15-11-20)37-23-16-12-21(13-17-23)28-27(19(3)31-38-28)32(29(34)36-5-2)25-9-7-6-8-24(25)30/h6-17H,4-5,18H2,1-3H3. The number of hydrogen-bond acceptors (Lipinski definition) is 7. The van der Waals surface area contributed by atoms with Crippen LogP contribution in [0.15, 0.2) is 77.3 Å². The number of carbonyl (C=O) groups excluding carboxylic acids is 2. The van der Waals surface area contributed by atoms with Gasteiger partial charge in [0.2, 0.25) is 0 Å². The van der Waals surface area contributed by atoms with Gasteiger partial charge in [-0.3, -0.25) is 4.79 Å². The molecule has 0 aliphatic rings. The zero-order chi connectivity index (χ0) is 27.1. The van der Waals surface area contributed by atoms with E-state index in [1.807, 2.05) is 24.3 Å².